The van der Waals surface area contributed by atoms with E-state index in [2.05, 4.69) is 30.3 Å². The number of hydrogen-bond acceptors (Lipinski definition) is 1. The summed E-state index contributed by atoms with van der Waals surface area (Å²) in [5.74, 6) is 1.69. The summed E-state index contributed by atoms with van der Waals surface area (Å²) in [6.45, 7) is 8.08. The van der Waals surface area contributed by atoms with Crippen LogP contribution in [-0.2, 0) is 6.54 Å². The fourth-order valence-electron chi connectivity index (χ4n) is 1.81. The highest BCUT2D eigenvalue weighted by Crippen LogP contribution is 2.15. The molecule has 0 amide bonds. The molecular formula is C13H24N2. The monoisotopic (exact) mass is 208 g/mol. The van der Waals surface area contributed by atoms with Gasteiger partial charge in [0.05, 0.1) is 6.33 Å². The Morgan fingerprint density at radius 1 is 1.13 bits per heavy atom. The van der Waals surface area contributed by atoms with Crippen LogP contribution in [0.25, 0.3) is 0 Å². The lowest BCUT2D eigenvalue weighted by Gasteiger charge is -2.12. The predicted octanol–water partition coefficient (Wildman–Crippen LogP) is 3.74. The van der Waals surface area contributed by atoms with E-state index in [0.717, 1.165) is 18.4 Å². The summed E-state index contributed by atoms with van der Waals surface area (Å²) in [4.78, 5) is 4.05. The van der Waals surface area contributed by atoms with Crippen LogP contribution in [0.2, 0.25) is 0 Å². The van der Waals surface area contributed by atoms with Crippen molar-refractivity contribution >= 4 is 0 Å². The van der Waals surface area contributed by atoms with Gasteiger partial charge in [-0.05, 0) is 18.3 Å². The van der Waals surface area contributed by atoms with Gasteiger partial charge in [-0.25, -0.2) is 4.98 Å². The van der Waals surface area contributed by atoms with E-state index in [1.807, 2.05) is 18.7 Å². The third kappa shape index (κ3) is 5.60. The topological polar surface area (TPSA) is 17.8 Å². The lowest BCUT2D eigenvalue weighted by atomic mass is 9.97. The highest BCUT2D eigenvalue weighted by molar-refractivity contribution is 4.74. The fraction of sp³-hybridized carbons (Fsp3) is 0.769. The standard InChI is InChI=1S/C13H24N2/c1-12(2)5-4-6-13(3)7-9-15-10-8-14-11-15/h8,10-13H,4-7,9H2,1-3H3. The summed E-state index contributed by atoms with van der Waals surface area (Å²) >= 11 is 0. The van der Waals surface area contributed by atoms with Crippen molar-refractivity contribution in [3.63, 3.8) is 0 Å². The van der Waals surface area contributed by atoms with Gasteiger partial charge in [-0.3, -0.25) is 0 Å². The van der Waals surface area contributed by atoms with Crippen LogP contribution in [0.15, 0.2) is 18.7 Å². The van der Waals surface area contributed by atoms with Crippen LogP contribution in [0.3, 0.4) is 0 Å². The smallest absolute Gasteiger partial charge is 0.0945 e. The highest BCUT2D eigenvalue weighted by Gasteiger charge is 2.03. The first-order valence-corrected chi connectivity index (χ1v) is 6.14. The average Bonchev–Trinajstić information content (AvgIpc) is 2.66. The molecule has 0 fully saturated rings. The summed E-state index contributed by atoms with van der Waals surface area (Å²) in [7, 11) is 0. The van der Waals surface area contributed by atoms with E-state index >= 15 is 0 Å². The summed E-state index contributed by atoms with van der Waals surface area (Å²) in [5.41, 5.74) is 0. The van der Waals surface area contributed by atoms with Gasteiger partial charge < -0.3 is 4.57 Å². The van der Waals surface area contributed by atoms with Gasteiger partial charge in [0.1, 0.15) is 0 Å². The van der Waals surface area contributed by atoms with E-state index in [4.69, 9.17) is 0 Å². The molecule has 1 heterocycles. The second-order valence-electron chi connectivity index (χ2n) is 5.02. The van der Waals surface area contributed by atoms with E-state index in [1.54, 1.807) is 0 Å². The Morgan fingerprint density at radius 3 is 2.53 bits per heavy atom. The molecule has 2 heteroatoms. The lowest BCUT2D eigenvalue weighted by molar-refractivity contribution is 0.414. The molecule has 1 atom stereocenters. The summed E-state index contributed by atoms with van der Waals surface area (Å²) in [6.07, 6.45) is 11.2. The molecule has 1 unspecified atom stereocenters. The van der Waals surface area contributed by atoms with Crippen LogP contribution in [0.5, 0.6) is 0 Å². The molecule has 15 heavy (non-hydrogen) atoms. The van der Waals surface area contributed by atoms with Crippen molar-refractivity contribution in [3.05, 3.63) is 18.7 Å². The minimum atomic E-state index is 0.839. The van der Waals surface area contributed by atoms with E-state index in [1.165, 1.54) is 25.7 Å². The second-order valence-corrected chi connectivity index (χ2v) is 5.02. The van der Waals surface area contributed by atoms with Crippen molar-refractivity contribution in [1.29, 1.82) is 0 Å². The van der Waals surface area contributed by atoms with Crippen LogP contribution >= 0.6 is 0 Å². The zero-order chi connectivity index (χ0) is 11.1. The maximum absolute atomic E-state index is 4.05. The van der Waals surface area contributed by atoms with E-state index in [9.17, 15) is 0 Å². The molecule has 0 spiro atoms. The molecule has 0 aromatic carbocycles. The minimum Gasteiger partial charge on any atom is -0.337 e. The van der Waals surface area contributed by atoms with Gasteiger partial charge in [0.2, 0.25) is 0 Å². The maximum atomic E-state index is 4.05. The van der Waals surface area contributed by atoms with Crippen molar-refractivity contribution in [2.45, 2.75) is 53.0 Å². The van der Waals surface area contributed by atoms with E-state index < -0.39 is 0 Å². The predicted molar refractivity (Wildman–Crippen MR) is 64.7 cm³/mol. The van der Waals surface area contributed by atoms with Gasteiger partial charge in [0, 0.05) is 18.9 Å². The third-order valence-electron chi connectivity index (χ3n) is 2.92. The molecule has 2 nitrogen and oxygen atoms in total. The summed E-state index contributed by atoms with van der Waals surface area (Å²) < 4.78 is 2.17. The quantitative estimate of drug-likeness (QED) is 0.667. The van der Waals surface area contributed by atoms with Crippen LogP contribution < -0.4 is 0 Å². The minimum absolute atomic E-state index is 0.839. The molecule has 0 N–H and O–H groups in total. The van der Waals surface area contributed by atoms with Crippen LogP contribution in [0, 0.1) is 11.8 Å². The first-order valence-electron chi connectivity index (χ1n) is 6.14. The largest absolute Gasteiger partial charge is 0.337 e. The average molecular weight is 208 g/mol. The third-order valence-corrected chi connectivity index (χ3v) is 2.92. The molecular weight excluding hydrogens is 184 g/mol. The molecule has 0 aliphatic rings. The Bertz CT molecular complexity index is 239. The molecule has 0 aliphatic heterocycles. The van der Waals surface area contributed by atoms with Crippen molar-refractivity contribution in [2.24, 2.45) is 11.8 Å². The Morgan fingerprint density at radius 2 is 1.93 bits per heavy atom. The van der Waals surface area contributed by atoms with Crippen molar-refractivity contribution in [2.75, 3.05) is 0 Å². The molecule has 86 valence electrons. The maximum Gasteiger partial charge on any atom is 0.0945 e. The number of imidazole rings is 1. The van der Waals surface area contributed by atoms with Crippen LogP contribution in [0.1, 0.15) is 46.5 Å². The van der Waals surface area contributed by atoms with Crippen molar-refractivity contribution < 1.29 is 0 Å². The Hall–Kier alpha value is -0.790. The number of nitrogens with zero attached hydrogens (tertiary/aromatic N) is 2. The molecule has 0 aliphatic carbocycles. The molecule has 0 bridgehead atoms. The first kappa shape index (κ1) is 12.3. The summed E-state index contributed by atoms with van der Waals surface area (Å²) in [6, 6.07) is 0. The number of hydrogen-bond donors (Lipinski definition) is 0. The Kier molecular flexibility index (Phi) is 5.44. The van der Waals surface area contributed by atoms with Crippen molar-refractivity contribution in [3.8, 4) is 0 Å². The fourth-order valence-corrected chi connectivity index (χ4v) is 1.81. The molecule has 0 saturated carbocycles. The van der Waals surface area contributed by atoms with Crippen molar-refractivity contribution in [1.82, 2.24) is 9.55 Å². The molecule has 1 rings (SSSR count). The SMILES string of the molecule is CC(C)CCCC(C)CCn1ccnc1. The molecule has 0 saturated heterocycles. The van der Waals surface area contributed by atoms with E-state index in [-0.39, 0.29) is 0 Å². The van der Waals surface area contributed by atoms with E-state index in [0.29, 0.717) is 0 Å². The molecule has 0 radical (unpaired) electrons. The summed E-state index contributed by atoms with van der Waals surface area (Å²) in [5, 5.41) is 0. The Labute approximate surface area is 93.7 Å². The van der Waals surface area contributed by atoms with Crippen LogP contribution in [-0.4, -0.2) is 9.55 Å². The van der Waals surface area contributed by atoms with Gasteiger partial charge in [0.15, 0.2) is 0 Å². The second kappa shape index (κ2) is 6.65. The van der Waals surface area contributed by atoms with Gasteiger partial charge in [0.25, 0.3) is 0 Å². The number of aromatic nitrogens is 2. The van der Waals surface area contributed by atoms with Gasteiger partial charge >= 0.3 is 0 Å². The normalized spacial score (nSPS) is 13.3. The first-order chi connectivity index (χ1) is 7.18. The van der Waals surface area contributed by atoms with Gasteiger partial charge in [-0.2, -0.15) is 0 Å². The number of aryl methyl sites for hydroxylation is 1. The number of rotatable bonds is 7. The van der Waals surface area contributed by atoms with Gasteiger partial charge in [-0.15, -0.1) is 0 Å². The lowest BCUT2D eigenvalue weighted by Crippen LogP contribution is -2.02. The molecule has 1 aromatic heterocycles. The van der Waals surface area contributed by atoms with Crippen LogP contribution in [0.4, 0.5) is 0 Å². The zero-order valence-electron chi connectivity index (χ0n) is 10.3. The van der Waals surface area contributed by atoms with Gasteiger partial charge in [-0.1, -0.05) is 40.0 Å². The highest BCUT2D eigenvalue weighted by atomic mass is 15.0. The zero-order valence-corrected chi connectivity index (χ0v) is 10.3. The molecule has 1 aromatic rings. The Balaban J connectivity index is 2.06.